The predicted octanol–water partition coefficient (Wildman–Crippen LogP) is 7.28. The van der Waals surface area contributed by atoms with E-state index < -0.39 is 28.9 Å². The van der Waals surface area contributed by atoms with E-state index in [9.17, 15) is 9.59 Å². The molecule has 0 spiro atoms. The third-order valence-corrected chi connectivity index (χ3v) is 11.3. The van der Waals surface area contributed by atoms with Crippen LogP contribution < -0.4 is 0 Å². The van der Waals surface area contributed by atoms with Crippen LogP contribution in [0.2, 0.25) is 0 Å². The van der Waals surface area contributed by atoms with Gasteiger partial charge in [-0.05, 0) is 25.7 Å². The Labute approximate surface area is 245 Å². The summed E-state index contributed by atoms with van der Waals surface area (Å²) in [6, 6.07) is 18.6. The van der Waals surface area contributed by atoms with E-state index in [0.29, 0.717) is 11.1 Å². The van der Waals surface area contributed by atoms with Gasteiger partial charge in [0.05, 0.1) is 0 Å². The summed E-state index contributed by atoms with van der Waals surface area (Å²) in [4.78, 5) is 29.6. The molecule has 4 aliphatic carbocycles. The molecule has 0 aromatic heterocycles. The molecule has 6 rings (SSSR count). The van der Waals surface area contributed by atoms with Crippen LogP contribution in [0, 0.1) is 60.4 Å². The topological polar surface area (TPSA) is 34.1 Å². The molecule has 0 N–H and O–H groups in total. The van der Waals surface area contributed by atoms with Crippen molar-refractivity contribution in [2.24, 2.45) is 0 Å². The maximum atomic E-state index is 14.8. The van der Waals surface area contributed by atoms with E-state index in [1.54, 1.807) is 0 Å². The van der Waals surface area contributed by atoms with Gasteiger partial charge in [-0.1, -0.05) is 109 Å². The van der Waals surface area contributed by atoms with Crippen molar-refractivity contribution in [1.82, 2.24) is 0 Å². The van der Waals surface area contributed by atoms with Gasteiger partial charge in [0.15, 0.2) is 10.8 Å². The van der Waals surface area contributed by atoms with Crippen molar-refractivity contribution in [1.29, 1.82) is 0 Å². The first-order valence-electron chi connectivity index (χ1n) is 12.1. The van der Waals surface area contributed by atoms with Crippen LogP contribution in [0.25, 0.3) is 0 Å². The molecule has 10 radical (unpaired) electrons. The molecule has 2 saturated carbocycles. The Balaban J connectivity index is 0.000000937. The number of allylic oxidation sites excluding steroid dienone is 8. The van der Waals surface area contributed by atoms with Gasteiger partial charge in [-0.3, -0.25) is 9.59 Å². The molecule has 2 aromatic carbocycles. The van der Waals surface area contributed by atoms with Gasteiger partial charge in [-0.2, -0.15) is 0 Å². The van der Waals surface area contributed by atoms with Crippen LogP contribution in [0.4, 0.5) is 0 Å². The zero-order chi connectivity index (χ0) is 26.5. The summed E-state index contributed by atoms with van der Waals surface area (Å²) >= 11 is -0.826. The minimum absolute atomic E-state index is 0.0836. The van der Waals surface area contributed by atoms with Gasteiger partial charge < -0.3 is 0 Å². The Morgan fingerprint density at radius 3 is 1.32 bits per heavy atom. The fourth-order valence-corrected chi connectivity index (χ4v) is 9.91. The molecule has 0 saturated heterocycles. The van der Waals surface area contributed by atoms with Crippen molar-refractivity contribution in [2.45, 2.75) is 0 Å². The van der Waals surface area contributed by atoms with Gasteiger partial charge in [0, 0.05) is 45.9 Å². The van der Waals surface area contributed by atoms with Crippen molar-refractivity contribution in [3.8, 4) is 0 Å². The fourth-order valence-electron chi connectivity index (χ4n) is 5.30. The van der Waals surface area contributed by atoms with Gasteiger partial charge in [0.2, 0.25) is 8.07 Å². The Bertz CT molecular complexity index is 1160. The molecule has 0 bridgehead atoms. The molecule has 2 nitrogen and oxygen atoms in total. The van der Waals surface area contributed by atoms with E-state index in [0.717, 1.165) is 34.8 Å². The number of hydrogen-bond acceptors (Lipinski definition) is 2. The molecule has 2 aromatic rings. The average Bonchev–Trinajstić information content (AvgIpc) is 3.60. The van der Waals surface area contributed by atoms with Crippen molar-refractivity contribution in [3.63, 3.8) is 0 Å². The van der Waals surface area contributed by atoms with E-state index in [1.807, 2.05) is 135 Å². The zero-order valence-corrected chi connectivity index (χ0v) is 25.2. The molecular formula is C32H22Cl2O2SiZr. The van der Waals surface area contributed by atoms with Crippen LogP contribution in [0.5, 0.6) is 0 Å². The van der Waals surface area contributed by atoms with Gasteiger partial charge >= 0.3 is 37.9 Å². The maximum absolute atomic E-state index is 14.8. The van der Waals surface area contributed by atoms with Gasteiger partial charge in [-0.25, -0.2) is 0 Å². The van der Waals surface area contributed by atoms with Crippen LogP contribution in [0.1, 0.15) is 20.7 Å². The molecule has 0 unspecified atom stereocenters. The number of carbonyl (C=O) groups is 2. The predicted molar refractivity (Wildman–Crippen MR) is 152 cm³/mol. The van der Waals surface area contributed by atoms with Gasteiger partial charge in [0.1, 0.15) is 0 Å². The number of halogens is 2. The first-order chi connectivity index (χ1) is 18.6. The molecule has 0 heterocycles. The fraction of sp³-hybridized carbons (Fsp3) is 0. The molecule has 2 fully saturated rings. The summed E-state index contributed by atoms with van der Waals surface area (Å²) in [6.07, 6.45) is 24.2. The summed E-state index contributed by atoms with van der Waals surface area (Å²) in [5.41, 5.74) is 2.84. The van der Waals surface area contributed by atoms with Crippen LogP contribution in [-0.4, -0.2) is 18.9 Å². The first kappa shape index (κ1) is 28.0. The summed E-state index contributed by atoms with van der Waals surface area (Å²) in [5.74, 6) is 4.02. The third-order valence-electron chi connectivity index (χ3n) is 6.92. The molecular weight excluding hydrogens is 607 g/mol. The van der Waals surface area contributed by atoms with Crippen molar-refractivity contribution >= 4 is 35.9 Å². The average molecular weight is 629 g/mol. The van der Waals surface area contributed by atoms with Crippen LogP contribution in [0.3, 0.4) is 0 Å². The van der Waals surface area contributed by atoms with Crippen molar-refractivity contribution < 1.29 is 30.4 Å². The Morgan fingerprint density at radius 1 is 0.553 bits per heavy atom. The SMILES string of the molecule is O=C(c1ccccc1)[Si]([C]1[CH][CH][C]2C=CC=C[C]21)([C]1[CH][CH][C]2C=CC=C[C]21)C(=O)c1ccccc1.[Cl][Zr][Cl]. The van der Waals surface area contributed by atoms with Gasteiger partial charge in [0.25, 0.3) is 0 Å². The summed E-state index contributed by atoms with van der Waals surface area (Å²) in [5, 5.41) is -0.167. The van der Waals surface area contributed by atoms with Gasteiger partial charge in [-0.15, -0.1) is 0 Å². The Hall–Kier alpha value is -1.58. The molecule has 184 valence electrons. The summed E-state index contributed by atoms with van der Waals surface area (Å²) < 4.78 is 0. The molecule has 6 heteroatoms. The second-order valence-electron chi connectivity index (χ2n) is 8.88. The summed E-state index contributed by atoms with van der Waals surface area (Å²) in [7, 11) is 6.13. The van der Waals surface area contributed by atoms with E-state index in [2.05, 4.69) is 0 Å². The minimum atomic E-state index is -3.74. The number of benzene rings is 2. The van der Waals surface area contributed by atoms with E-state index in [-0.39, 0.29) is 10.8 Å². The second-order valence-corrected chi connectivity index (χ2v) is 16.1. The molecule has 0 atom stereocenters. The number of hydrogen-bond donors (Lipinski definition) is 0. The van der Waals surface area contributed by atoms with E-state index in [4.69, 9.17) is 17.0 Å². The third kappa shape index (κ3) is 5.15. The normalized spacial score (nSPS) is 20.2. The molecule has 0 aliphatic heterocycles. The monoisotopic (exact) mass is 626 g/mol. The van der Waals surface area contributed by atoms with Crippen LogP contribution >= 0.6 is 17.0 Å². The summed E-state index contributed by atoms with van der Waals surface area (Å²) in [6.45, 7) is 0. The Morgan fingerprint density at radius 2 is 0.921 bits per heavy atom. The van der Waals surface area contributed by atoms with E-state index >= 15 is 0 Å². The van der Waals surface area contributed by atoms with Crippen LogP contribution in [0.15, 0.2) is 109 Å². The zero-order valence-electron chi connectivity index (χ0n) is 20.3. The number of rotatable bonds is 6. The van der Waals surface area contributed by atoms with Crippen molar-refractivity contribution in [3.05, 3.63) is 181 Å². The second kappa shape index (κ2) is 12.7. The standard InChI is InChI=1S/C32H22O2Si.2ClH.Zr/c33-31(25-13-3-1-4-14-25)35(32(34)26-15-5-2-6-16-26,29-21-19-23-11-7-9-17-27(23)29)30-22-20-24-12-8-10-18-28(24)30;;;/h1-22H;2*1H;/q;;;+2/p-2. The van der Waals surface area contributed by atoms with Crippen molar-refractivity contribution in [2.75, 3.05) is 0 Å². The number of carbonyl (C=O) groups excluding carboxylic acids is 2. The number of fused-ring (bicyclic) bond motifs is 2. The van der Waals surface area contributed by atoms with Crippen LogP contribution in [-0.2, 0) is 20.8 Å². The molecule has 4 aliphatic rings. The molecule has 0 amide bonds. The van der Waals surface area contributed by atoms with E-state index in [1.165, 1.54) is 0 Å². The molecule has 38 heavy (non-hydrogen) atoms. The first-order valence-corrected chi connectivity index (χ1v) is 20.4. The Kier molecular flexibility index (Phi) is 9.37. The quantitative estimate of drug-likeness (QED) is 0.315.